The molecule has 1 atom stereocenters. The number of aliphatic hydroxyl groups excluding tert-OH is 1. The normalized spacial score (nSPS) is 13.2. The number of nitrogens with one attached hydrogen (secondary N) is 1. The summed E-state index contributed by atoms with van der Waals surface area (Å²) in [6.45, 7) is 6.49. The summed E-state index contributed by atoms with van der Waals surface area (Å²) in [5, 5.41) is 11.7. The molecule has 0 aromatic heterocycles. The Morgan fingerprint density at radius 2 is 2.17 bits per heavy atom. The Balaban J connectivity index is 2.97. The molecule has 0 rings (SSSR count). The number of ether oxygens (including phenoxy) is 1. The van der Waals surface area contributed by atoms with Crippen LogP contribution in [0.3, 0.4) is 0 Å². The van der Waals surface area contributed by atoms with Crippen LogP contribution in [0.2, 0.25) is 0 Å². The molecule has 0 heterocycles. The number of rotatable bonds is 8. The molecule has 0 saturated heterocycles. The zero-order chi connectivity index (χ0) is 9.23. The summed E-state index contributed by atoms with van der Waals surface area (Å²) in [4.78, 5) is 0. The number of hydrogen-bond donors (Lipinski definition) is 2. The molecule has 0 amide bonds. The zero-order valence-corrected chi connectivity index (χ0v) is 8.18. The van der Waals surface area contributed by atoms with Gasteiger partial charge in [-0.3, -0.25) is 0 Å². The summed E-state index contributed by atoms with van der Waals surface area (Å²) < 4.78 is 5.10. The molecular weight excluding hydrogens is 154 g/mol. The third-order valence-electron chi connectivity index (χ3n) is 1.70. The fourth-order valence-electron chi connectivity index (χ4n) is 1.08. The van der Waals surface area contributed by atoms with Gasteiger partial charge in [0.2, 0.25) is 0 Å². The standard InChI is InChI=1S/C9H21NO2/c1-3-4-9(2)10-5-7-12-8-6-11/h9-11H,3-8H2,1-2H3/t9-/m0/s1. The van der Waals surface area contributed by atoms with Gasteiger partial charge in [0.1, 0.15) is 0 Å². The van der Waals surface area contributed by atoms with Gasteiger partial charge in [-0.05, 0) is 13.3 Å². The maximum atomic E-state index is 8.41. The van der Waals surface area contributed by atoms with Gasteiger partial charge >= 0.3 is 0 Å². The highest BCUT2D eigenvalue weighted by Crippen LogP contribution is 1.93. The van der Waals surface area contributed by atoms with Crippen molar-refractivity contribution in [3.8, 4) is 0 Å². The second-order valence-electron chi connectivity index (χ2n) is 2.98. The lowest BCUT2D eigenvalue weighted by Gasteiger charge is -2.12. The van der Waals surface area contributed by atoms with E-state index >= 15 is 0 Å². The Morgan fingerprint density at radius 1 is 1.42 bits per heavy atom. The molecule has 0 aliphatic rings. The molecule has 0 radical (unpaired) electrons. The van der Waals surface area contributed by atoms with E-state index in [-0.39, 0.29) is 6.61 Å². The Bertz CT molecular complexity index is 88.6. The molecule has 0 aromatic rings. The largest absolute Gasteiger partial charge is 0.394 e. The maximum Gasteiger partial charge on any atom is 0.0698 e. The molecule has 0 aliphatic heterocycles. The predicted octanol–water partition coefficient (Wildman–Crippen LogP) is 0.774. The van der Waals surface area contributed by atoms with Crippen LogP contribution in [0.1, 0.15) is 26.7 Å². The van der Waals surface area contributed by atoms with Crippen molar-refractivity contribution in [3.05, 3.63) is 0 Å². The van der Waals surface area contributed by atoms with E-state index in [2.05, 4.69) is 19.2 Å². The Labute approximate surface area is 75.1 Å². The summed E-state index contributed by atoms with van der Waals surface area (Å²) in [6.07, 6.45) is 2.42. The molecule has 3 nitrogen and oxygen atoms in total. The van der Waals surface area contributed by atoms with Gasteiger partial charge in [-0.25, -0.2) is 0 Å². The first-order valence-corrected chi connectivity index (χ1v) is 4.73. The molecule has 74 valence electrons. The van der Waals surface area contributed by atoms with Gasteiger partial charge in [-0.1, -0.05) is 13.3 Å². The van der Waals surface area contributed by atoms with Gasteiger partial charge in [-0.15, -0.1) is 0 Å². The zero-order valence-electron chi connectivity index (χ0n) is 8.18. The molecule has 0 aromatic carbocycles. The lowest BCUT2D eigenvalue weighted by molar-refractivity contribution is 0.0927. The van der Waals surface area contributed by atoms with Crippen LogP contribution >= 0.6 is 0 Å². The third-order valence-corrected chi connectivity index (χ3v) is 1.70. The second-order valence-corrected chi connectivity index (χ2v) is 2.98. The second kappa shape index (κ2) is 8.97. The number of aliphatic hydroxyl groups is 1. The van der Waals surface area contributed by atoms with Crippen LogP contribution in [0.15, 0.2) is 0 Å². The highest BCUT2D eigenvalue weighted by Gasteiger charge is 1.97. The minimum Gasteiger partial charge on any atom is -0.394 e. The molecule has 0 fully saturated rings. The van der Waals surface area contributed by atoms with Crippen LogP contribution in [-0.2, 0) is 4.74 Å². The molecule has 0 aliphatic carbocycles. The number of hydrogen-bond acceptors (Lipinski definition) is 3. The fourth-order valence-corrected chi connectivity index (χ4v) is 1.08. The molecule has 12 heavy (non-hydrogen) atoms. The first kappa shape index (κ1) is 11.9. The lowest BCUT2D eigenvalue weighted by atomic mass is 10.2. The summed E-state index contributed by atoms with van der Waals surface area (Å²) >= 11 is 0. The van der Waals surface area contributed by atoms with Crippen LogP contribution in [0.4, 0.5) is 0 Å². The van der Waals surface area contributed by atoms with E-state index in [0.29, 0.717) is 19.3 Å². The lowest BCUT2D eigenvalue weighted by Crippen LogP contribution is -2.29. The van der Waals surface area contributed by atoms with E-state index < -0.39 is 0 Å². The minimum absolute atomic E-state index is 0.116. The molecule has 0 spiro atoms. The van der Waals surface area contributed by atoms with Crippen molar-refractivity contribution in [1.29, 1.82) is 0 Å². The average molecular weight is 175 g/mol. The minimum atomic E-state index is 0.116. The summed E-state index contributed by atoms with van der Waals surface area (Å²) in [5.41, 5.74) is 0. The summed E-state index contributed by atoms with van der Waals surface area (Å²) in [6, 6.07) is 0.577. The SMILES string of the molecule is CCC[C@H](C)NCCOCCO. The summed E-state index contributed by atoms with van der Waals surface area (Å²) in [5.74, 6) is 0. The fraction of sp³-hybridized carbons (Fsp3) is 1.00. The topological polar surface area (TPSA) is 41.5 Å². The van der Waals surface area contributed by atoms with E-state index in [0.717, 1.165) is 6.54 Å². The predicted molar refractivity (Wildman–Crippen MR) is 50.3 cm³/mol. The van der Waals surface area contributed by atoms with Crippen LogP contribution in [0.5, 0.6) is 0 Å². The van der Waals surface area contributed by atoms with Crippen molar-refractivity contribution in [1.82, 2.24) is 5.32 Å². The molecule has 2 N–H and O–H groups in total. The molecule has 0 unspecified atom stereocenters. The smallest absolute Gasteiger partial charge is 0.0698 e. The van der Waals surface area contributed by atoms with Crippen LogP contribution in [0, 0.1) is 0 Å². The van der Waals surface area contributed by atoms with Crippen molar-refractivity contribution in [3.63, 3.8) is 0 Å². The quantitative estimate of drug-likeness (QED) is 0.535. The van der Waals surface area contributed by atoms with Crippen molar-refractivity contribution < 1.29 is 9.84 Å². The first-order valence-electron chi connectivity index (χ1n) is 4.73. The molecular formula is C9H21NO2. The van der Waals surface area contributed by atoms with Crippen molar-refractivity contribution in [2.45, 2.75) is 32.7 Å². The van der Waals surface area contributed by atoms with Gasteiger partial charge < -0.3 is 15.2 Å². The van der Waals surface area contributed by atoms with Gasteiger partial charge in [0.25, 0.3) is 0 Å². The highest BCUT2D eigenvalue weighted by atomic mass is 16.5. The third kappa shape index (κ3) is 7.98. The van der Waals surface area contributed by atoms with Crippen molar-refractivity contribution >= 4 is 0 Å². The molecule has 3 heteroatoms. The van der Waals surface area contributed by atoms with Gasteiger partial charge in [0, 0.05) is 12.6 Å². The summed E-state index contributed by atoms with van der Waals surface area (Å²) in [7, 11) is 0. The Morgan fingerprint density at radius 3 is 2.75 bits per heavy atom. The molecule has 0 bridgehead atoms. The Kier molecular flexibility index (Phi) is 8.88. The van der Waals surface area contributed by atoms with Gasteiger partial charge in [0.05, 0.1) is 19.8 Å². The van der Waals surface area contributed by atoms with Crippen molar-refractivity contribution in [2.75, 3.05) is 26.4 Å². The maximum absolute atomic E-state index is 8.41. The van der Waals surface area contributed by atoms with E-state index in [1.54, 1.807) is 0 Å². The van der Waals surface area contributed by atoms with E-state index in [1.807, 2.05) is 0 Å². The highest BCUT2D eigenvalue weighted by molar-refractivity contribution is 4.58. The van der Waals surface area contributed by atoms with Crippen molar-refractivity contribution in [2.24, 2.45) is 0 Å². The van der Waals surface area contributed by atoms with Crippen LogP contribution in [0.25, 0.3) is 0 Å². The first-order chi connectivity index (χ1) is 5.81. The van der Waals surface area contributed by atoms with E-state index in [1.165, 1.54) is 12.8 Å². The van der Waals surface area contributed by atoms with Gasteiger partial charge in [0.15, 0.2) is 0 Å². The van der Waals surface area contributed by atoms with Crippen LogP contribution < -0.4 is 5.32 Å². The Hall–Kier alpha value is -0.120. The average Bonchev–Trinajstić information content (AvgIpc) is 2.05. The monoisotopic (exact) mass is 175 g/mol. The van der Waals surface area contributed by atoms with Crippen LogP contribution in [-0.4, -0.2) is 37.5 Å². The van der Waals surface area contributed by atoms with E-state index in [9.17, 15) is 0 Å². The van der Waals surface area contributed by atoms with E-state index in [4.69, 9.17) is 9.84 Å². The molecule has 0 saturated carbocycles. The van der Waals surface area contributed by atoms with Gasteiger partial charge in [-0.2, -0.15) is 0 Å².